The van der Waals surface area contributed by atoms with Gasteiger partial charge in [0.05, 0.1) is 18.6 Å². The predicted molar refractivity (Wildman–Crippen MR) is 130 cm³/mol. The maximum absolute atomic E-state index is 13.9. The lowest BCUT2D eigenvalue weighted by atomic mass is 10.1. The Bertz CT molecular complexity index is 1590. The van der Waals surface area contributed by atoms with E-state index in [-0.39, 0.29) is 5.56 Å². The molecule has 11 heteroatoms. The molecule has 1 aromatic carbocycles. The SMILES string of the molecule is COCc1ccn2nc([C@@H]3C(=S)CCN3c3ncnc4nc[nH]c34)n(-c3ccccc3)c(=O)c12. The molecule has 6 rings (SSSR count). The number of hydrogen-bond acceptors (Lipinski definition) is 8. The first kappa shape index (κ1) is 20.6. The first-order valence-electron chi connectivity index (χ1n) is 10.8. The Balaban J connectivity index is 1.62. The molecule has 0 spiro atoms. The summed E-state index contributed by atoms with van der Waals surface area (Å²) < 4.78 is 8.58. The largest absolute Gasteiger partial charge is 0.380 e. The van der Waals surface area contributed by atoms with Crippen LogP contribution in [0.3, 0.4) is 0 Å². The van der Waals surface area contributed by atoms with Crippen LogP contribution in [0.25, 0.3) is 22.4 Å². The highest BCUT2D eigenvalue weighted by atomic mass is 32.1. The Morgan fingerprint density at radius 3 is 2.85 bits per heavy atom. The molecule has 170 valence electrons. The number of hydrogen-bond donors (Lipinski definition) is 1. The molecule has 0 unspecified atom stereocenters. The first-order valence-corrected chi connectivity index (χ1v) is 11.2. The minimum atomic E-state index is -0.443. The summed E-state index contributed by atoms with van der Waals surface area (Å²) in [6.07, 6.45) is 5.53. The van der Waals surface area contributed by atoms with Gasteiger partial charge in [-0.15, -0.1) is 0 Å². The summed E-state index contributed by atoms with van der Waals surface area (Å²) in [5, 5.41) is 4.92. The Kier molecular flexibility index (Phi) is 4.93. The van der Waals surface area contributed by atoms with Crippen molar-refractivity contribution in [1.29, 1.82) is 0 Å². The van der Waals surface area contributed by atoms with Crippen molar-refractivity contribution in [2.24, 2.45) is 0 Å². The summed E-state index contributed by atoms with van der Waals surface area (Å²) in [7, 11) is 1.60. The van der Waals surface area contributed by atoms with Crippen LogP contribution in [-0.2, 0) is 11.3 Å². The number of anilines is 1. The van der Waals surface area contributed by atoms with Crippen molar-refractivity contribution in [3.8, 4) is 5.69 Å². The smallest absolute Gasteiger partial charge is 0.282 e. The lowest BCUT2D eigenvalue weighted by Crippen LogP contribution is -2.35. The Morgan fingerprint density at radius 2 is 2.03 bits per heavy atom. The van der Waals surface area contributed by atoms with E-state index >= 15 is 0 Å². The minimum Gasteiger partial charge on any atom is -0.380 e. The molecule has 1 fully saturated rings. The molecule has 1 saturated heterocycles. The molecular weight excluding hydrogens is 452 g/mol. The Labute approximate surface area is 198 Å². The molecular formula is C23H20N8O2S. The number of para-hydroxylation sites is 1. The third kappa shape index (κ3) is 3.12. The zero-order chi connectivity index (χ0) is 23.2. The second kappa shape index (κ2) is 8.12. The van der Waals surface area contributed by atoms with Crippen molar-refractivity contribution in [3.05, 3.63) is 77.0 Å². The zero-order valence-electron chi connectivity index (χ0n) is 18.3. The Morgan fingerprint density at radius 1 is 1.18 bits per heavy atom. The Hall–Kier alpha value is -3.96. The van der Waals surface area contributed by atoms with E-state index in [9.17, 15) is 4.79 Å². The van der Waals surface area contributed by atoms with E-state index in [2.05, 4.69) is 24.8 Å². The van der Waals surface area contributed by atoms with Crippen molar-refractivity contribution >= 4 is 39.6 Å². The maximum atomic E-state index is 13.9. The molecule has 0 bridgehead atoms. The van der Waals surface area contributed by atoms with E-state index < -0.39 is 6.04 Å². The van der Waals surface area contributed by atoms with Crippen LogP contribution in [0.15, 0.2) is 60.0 Å². The third-order valence-corrected chi connectivity index (χ3v) is 6.47. The number of thiocarbonyl (C=S) groups is 1. The van der Waals surface area contributed by atoms with Gasteiger partial charge in [-0.25, -0.2) is 19.5 Å². The van der Waals surface area contributed by atoms with Crippen molar-refractivity contribution in [3.63, 3.8) is 0 Å². The molecule has 34 heavy (non-hydrogen) atoms. The summed E-state index contributed by atoms with van der Waals surface area (Å²) in [5.74, 6) is 1.20. The molecule has 0 saturated carbocycles. The van der Waals surface area contributed by atoms with Gasteiger partial charge in [0.1, 0.15) is 23.4 Å². The highest BCUT2D eigenvalue weighted by molar-refractivity contribution is 7.80. The van der Waals surface area contributed by atoms with Crippen molar-refractivity contribution in [2.75, 3.05) is 18.6 Å². The molecule has 1 N–H and O–H groups in total. The molecule has 10 nitrogen and oxygen atoms in total. The molecule has 4 aromatic heterocycles. The van der Waals surface area contributed by atoms with Gasteiger partial charge in [0.15, 0.2) is 17.3 Å². The van der Waals surface area contributed by atoms with Crippen molar-refractivity contribution in [1.82, 2.24) is 34.1 Å². The lowest BCUT2D eigenvalue weighted by Gasteiger charge is -2.27. The average Bonchev–Trinajstić information content (AvgIpc) is 3.58. The van der Waals surface area contributed by atoms with Gasteiger partial charge in [-0.05, 0) is 24.6 Å². The second-order valence-electron chi connectivity index (χ2n) is 8.01. The monoisotopic (exact) mass is 472 g/mol. The van der Waals surface area contributed by atoms with Gasteiger partial charge in [0, 0.05) is 30.3 Å². The fourth-order valence-electron chi connectivity index (χ4n) is 4.57. The molecule has 1 aliphatic rings. The summed E-state index contributed by atoms with van der Waals surface area (Å²) in [5.41, 5.74) is 3.07. The molecule has 1 aliphatic heterocycles. The quantitative estimate of drug-likeness (QED) is 0.389. The fourth-order valence-corrected chi connectivity index (χ4v) is 4.90. The van der Waals surface area contributed by atoms with Gasteiger partial charge in [0.2, 0.25) is 0 Å². The number of aromatic nitrogens is 7. The topological polar surface area (TPSA) is 106 Å². The van der Waals surface area contributed by atoms with Crippen LogP contribution in [0.4, 0.5) is 5.82 Å². The molecule has 0 radical (unpaired) electrons. The number of benzene rings is 1. The number of nitrogens with one attached hydrogen (secondary N) is 1. The van der Waals surface area contributed by atoms with Crippen LogP contribution in [0.5, 0.6) is 0 Å². The summed E-state index contributed by atoms with van der Waals surface area (Å²) in [6.45, 7) is 0.951. The average molecular weight is 473 g/mol. The van der Waals surface area contributed by atoms with E-state index in [0.717, 1.165) is 15.9 Å². The van der Waals surface area contributed by atoms with Crippen LogP contribution in [0.2, 0.25) is 0 Å². The third-order valence-electron chi connectivity index (χ3n) is 6.04. The highest BCUT2D eigenvalue weighted by Gasteiger charge is 2.37. The molecule has 5 aromatic rings. The molecule has 0 amide bonds. The van der Waals surface area contributed by atoms with Crippen molar-refractivity contribution in [2.45, 2.75) is 19.1 Å². The maximum Gasteiger partial charge on any atom is 0.282 e. The number of H-pyrrole nitrogens is 1. The van der Waals surface area contributed by atoms with Crippen LogP contribution in [0.1, 0.15) is 23.9 Å². The van der Waals surface area contributed by atoms with Gasteiger partial charge in [0.25, 0.3) is 5.56 Å². The standard InChI is InChI=1S/C23H20N8O2S/c1-33-11-14-7-10-30-18(14)23(32)31(15-5-3-2-4-6-15)22(28-30)19-16(34)8-9-29(19)21-17-20(25-12-24-17)26-13-27-21/h2-7,10,12-13,19H,8-9,11H2,1H3,(H,24,25,26,27)/t19-/m0/s1. The molecule has 0 aliphatic carbocycles. The van der Waals surface area contributed by atoms with Crippen molar-refractivity contribution < 1.29 is 4.74 Å². The minimum absolute atomic E-state index is 0.183. The van der Waals surface area contributed by atoms with E-state index in [4.69, 9.17) is 22.1 Å². The number of nitrogens with zero attached hydrogens (tertiary/aromatic N) is 7. The number of aromatic amines is 1. The number of imidazole rings is 1. The van der Waals surface area contributed by atoms with Gasteiger partial charge in [-0.2, -0.15) is 5.10 Å². The number of fused-ring (bicyclic) bond motifs is 2. The van der Waals surface area contributed by atoms with Gasteiger partial charge >= 0.3 is 0 Å². The van der Waals surface area contributed by atoms with E-state index in [1.54, 1.807) is 28.7 Å². The lowest BCUT2D eigenvalue weighted by molar-refractivity contribution is 0.186. The van der Waals surface area contributed by atoms with Crippen LogP contribution in [-0.4, -0.2) is 52.6 Å². The molecule has 5 heterocycles. The first-order chi connectivity index (χ1) is 16.7. The van der Waals surface area contributed by atoms with E-state index in [1.165, 1.54) is 6.33 Å². The fraction of sp³-hybridized carbons (Fsp3) is 0.217. The van der Waals surface area contributed by atoms with Gasteiger partial charge < -0.3 is 14.6 Å². The number of methoxy groups -OCH3 is 1. The van der Waals surface area contributed by atoms with E-state index in [1.807, 2.05) is 36.4 Å². The van der Waals surface area contributed by atoms with Gasteiger partial charge in [-0.1, -0.05) is 30.4 Å². The number of rotatable bonds is 5. The van der Waals surface area contributed by atoms with Crippen LogP contribution in [0, 0.1) is 0 Å². The zero-order valence-corrected chi connectivity index (χ0v) is 19.1. The van der Waals surface area contributed by atoms with E-state index in [0.29, 0.717) is 48.1 Å². The highest BCUT2D eigenvalue weighted by Crippen LogP contribution is 2.35. The van der Waals surface area contributed by atoms with Gasteiger partial charge in [-0.3, -0.25) is 9.36 Å². The second-order valence-corrected chi connectivity index (χ2v) is 8.54. The summed E-state index contributed by atoms with van der Waals surface area (Å²) >= 11 is 5.83. The molecule has 1 atom stereocenters. The van der Waals surface area contributed by atoms with Crippen LogP contribution < -0.4 is 10.5 Å². The van der Waals surface area contributed by atoms with Crippen LogP contribution >= 0.6 is 12.2 Å². The number of ether oxygens (including phenoxy) is 1. The summed E-state index contributed by atoms with van der Waals surface area (Å²) in [6, 6.07) is 10.9. The predicted octanol–water partition coefficient (Wildman–Crippen LogP) is 2.62. The summed E-state index contributed by atoms with van der Waals surface area (Å²) in [4.78, 5) is 32.9. The normalized spacial score (nSPS) is 16.2.